The van der Waals surface area contributed by atoms with Crippen molar-refractivity contribution in [3.63, 3.8) is 0 Å². The van der Waals surface area contributed by atoms with Gasteiger partial charge >= 0.3 is 5.91 Å². The lowest BCUT2D eigenvalue weighted by molar-refractivity contribution is 0.0912. The molecule has 0 aliphatic carbocycles. The number of halogens is 1. The molecule has 0 fully saturated rings. The van der Waals surface area contributed by atoms with Crippen LogP contribution in [-0.4, -0.2) is 11.0 Å². The minimum atomic E-state index is -0.460. The second kappa shape index (κ2) is 9.45. The quantitative estimate of drug-likeness (QED) is 0.401. The van der Waals surface area contributed by atoms with Gasteiger partial charge in [-0.2, -0.15) is 0 Å². The van der Waals surface area contributed by atoms with Gasteiger partial charge in [-0.3, -0.25) is 15.6 Å². The highest BCUT2D eigenvalue weighted by atomic mass is 35.5. The van der Waals surface area contributed by atoms with Gasteiger partial charge in [-0.25, -0.2) is 0 Å². The third-order valence-corrected chi connectivity index (χ3v) is 4.27. The number of hydrogen-bond acceptors (Lipinski definition) is 4. The number of rotatable bonds is 5. The van der Waals surface area contributed by atoms with E-state index in [0.29, 0.717) is 16.5 Å². The van der Waals surface area contributed by atoms with Crippen molar-refractivity contribution >= 4 is 40.5 Å². The molecule has 0 atom stereocenters. The minimum Gasteiger partial charge on any atom is -0.486 e. The third-order valence-electron chi connectivity index (χ3n) is 3.83. The van der Waals surface area contributed by atoms with E-state index < -0.39 is 5.91 Å². The Labute approximate surface area is 179 Å². The molecule has 6 nitrogen and oxygen atoms in total. The molecule has 0 saturated carbocycles. The molecular formula is C21H20ClN3O3S. The maximum Gasteiger partial charge on any atom is 0.305 e. The first-order valence-corrected chi connectivity index (χ1v) is 9.60. The number of aryl methyl sites for hydroxylation is 2. The summed E-state index contributed by atoms with van der Waals surface area (Å²) in [6.45, 7) is 4.24. The van der Waals surface area contributed by atoms with Gasteiger partial charge in [-0.1, -0.05) is 23.7 Å². The lowest BCUT2D eigenvalue weighted by Gasteiger charge is -2.11. The third kappa shape index (κ3) is 6.23. The monoisotopic (exact) mass is 429 g/mol. The molecule has 0 radical (unpaired) electrons. The Morgan fingerprint density at radius 2 is 1.83 bits per heavy atom. The number of amides is 1. The van der Waals surface area contributed by atoms with Crippen molar-refractivity contribution in [2.75, 3.05) is 5.32 Å². The summed E-state index contributed by atoms with van der Waals surface area (Å²) in [6.07, 6.45) is 0. The van der Waals surface area contributed by atoms with Crippen molar-refractivity contribution in [1.82, 2.24) is 10.9 Å². The van der Waals surface area contributed by atoms with Crippen LogP contribution in [0.3, 0.4) is 0 Å². The van der Waals surface area contributed by atoms with Crippen LogP contribution in [0.25, 0.3) is 0 Å². The van der Waals surface area contributed by atoms with Gasteiger partial charge in [0.05, 0.1) is 0 Å². The summed E-state index contributed by atoms with van der Waals surface area (Å²) >= 11 is 11.1. The molecule has 0 aliphatic rings. The molecule has 3 N–H and O–H groups in total. The Kier molecular flexibility index (Phi) is 6.74. The molecule has 1 aromatic heterocycles. The second-order valence-corrected chi connectivity index (χ2v) is 7.27. The largest absolute Gasteiger partial charge is 0.486 e. The molecule has 3 rings (SSSR count). The van der Waals surface area contributed by atoms with Crippen LogP contribution in [-0.2, 0) is 6.61 Å². The molecule has 2 aromatic carbocycles. The minimum absolute atomic E-state index is 0.141. The van der Waals surface area contributed by atoms with Crippen LogP contribution in [0, 0.1) is 13.8 Å². The smallest absolute Gasteiger partial charge is 0.305 e. The molecule has 8 heteroatoms. The predicted octanol–water partition coefficient (Wildman–Crippen LogP) is 4.76. The van der Waals surface area contributed by atoms with Crippen molar-refractivity contribution in [3.05, 3.63) is 82.3 Å². The Morgan fingerprint density at radius 1 is 1.07 bits per heavy atom. The van der Waals surface area contributed by atoms with Crippen LogP contribution >= 0.6 is 23.8 Å². The summed E-state index contributed by atoms with van der Waals surface area (Å²) in [5.74, 6) is 0.970. The van der Waals surface area contributed by atoms with Crippen LogP contribution < -0.4 is 20.9 Å². The number of carbonyl (C=O) groups is 1. The normalized spacial score (nSPS) is 10.3. The molecule has 150 valence electrons. The second-order valence-electron chi connectivity index (χ2n) is 6.42. The van der Waals surface area contributed by atoms with E-state index in [1.807, 2.05) is 26.0 Å². The highest BCUT2D eigenvalue weighted by molar-refractivity contribution is 7.80. The summed E-state index contributed by atoms with van der Waals surface area (Å²) in [5, 5.41) is 3.70. The zero-order valence-corrected chi connectivity index (χ0v) is 17.5. The molecule has 29 heavy (non-hydrogen) atoms. The first-order chi connectivity index (χ1) is 13.9. The van der Waals surface area contributed by atoms with Crippen molar-refractivity contribution in [2.24, 2.45) is 0 Å². The average molecular weight is 430 g/mol. The van der Waals surface area contributed by atoms with Gasteiger partial charge < -0.3 is 14.5 Å². The predicted molar refractivity (Wildman–Crippen MR) is 117 cm³/mol. The van der Waals surface area contributed by atoms with Crippen molar-refractivity contribution in [3.8, 4) is 5.75 Å². The highest BCUT2D eigenvalue weighted by Gasteiger charge is 2.12. The fraction of sp³-hybridized carbons (Fsp3) is 0.143. The van der Waals surface area contributed by atoms with E-state index in [2.05, 4.69) is 22.2 Å². The Balaban J connectivity index is 1.49. The van der Waals surface area contributed by atoms with E-state index in [9.17, 15) is 4.79 Å². The molecule has 0 unspecified atom stereocenters. The van der Waals surface area contributed by atoms with Crippen LogP contribution in [0.4, 0.5) is 5.69 Å². The van der Waals surface area contributed by atoms with Crippen molar-refractivity contribution < 1.29 is 13.9 Å². The number of anilines is 1. The van der Waals surface area contributed by atoms with Gasteiger partial charge in [-0.05, 0) is 79.7 Å². The molecule has 0 saturated heterocycles. The number of thiocarbonyl (C=S) groups is 1. The van der Waals surface area contributed by atoms with Crippen LogP contribution in [0.15, 0.2) is 59.0 Å². The SMILES string of the molecule is Cc1cc(C)cc(OCc2ccc(C(=O)NNC(=S)Nc3cccc(Cl)c3)o2)c1. The van der Waals surface area contributed by atoms with Gasteiger partial charge in [0.25, 0.3) is 0 Å². The molecule has 3 aromatic rings. The average Bonchev–Trinajstić information content (AvgIpc) is 3.13. The molecule has 0 spiro atoms. The zero-order chi connectivity index (χ0) is 20.8. The number of benzene rings is 2. The van der Waals surface area contributed by atoms with E-state index in [-0.39, 0.29) is 17.5 Å². The molecule has 1 heterocycles. The lowest BCUT2D eigenvalue weighted by Crippen LogP contribution is -2.43. The van der Waals surface area contributed by atoms with Gasteiger partial charge in [0.15, 0.2) is 10.9 Å². The maximum absolute atomic E-state index is 12.2. The summed E-state index contributed by atoms with van der Waals surface area (Å²) < 4.78 is 11.3. The first-order valence-electron chi connectivity index (χ1n) is 8.82. The molecule has 0 bridgehead atoms. The van der Waals surface area contributed by atoms with Crippen molar-refractivity contribution in [2.45, 2.75) is 20.5 Å². The molecular weight excluding hydrogens is 410 g/mol. The zero-order valence-electron chi connectivity index (χ0n) is 15.9. The standard InChI is InChI=1S/C21H20ClN3O3S/c1-13-8-14(2)10-18(9-13)27-12-17-6-7-19(28-17)20(26)24-25-21(29)23-16-5-3-4-15(22)11-16/h3-11H,12H2,1-2H3,(H,24,26)(H2,23,25,29). The van der Waals surface area contributed by atoms with Gasteiger partial charge in [0, 0.05) is 10.7 Å². The molecule has 0 aliphatic heterocycles. The Hall–Kier alpha value is -3.03. The first kappa shape index (κ1) is 20.7. The number of nitrogens with one attached hydrogen (secondary N) is 3. The highest BCUT2D eigenvalue weighted by Crippen LogP contribution is 2.18. The fourth-order valence-corrected chi connectivity index (χ4v) is 3.01. The van der Waals surface area contributed by atoms with E-state index >= 15 is 0 Å². The summed E-state index contributed by atoms with van der Waals surface area (Å²) in [4.78, 5) is 12.2. The maximum atomic E-state index is 12.2. The van der Waals surface area contributed by atoms with Gasteiger partial charge in [0.1, 0.15) is 18.1 Å². The Bertz CT molecular complexity index is 1020. The van der Waals surface area contributed by atoms with E-state index in [1.54, 1.807) is 36.4 Å². The number of furan rings is 1. The Morgan fingerprint density at radius 3 is 2.55 bits per heavy atom. The lowest BCUT2D eigenvalue weighted by atomic mass is 10.1. The van der Waals surface area contributed by atoms with Crippen LogP contribution in [0.2, 0.25) is 5.02 Å². The van der Waals surface area contributed by atoms with E-state index in [4.69, 9.17) is 33.0 Å². The number of carbonyl (C=O) groups excluding carboxylic acids is 1. The molecule has 1 amide bonds. The fourth-order valence-electron chi connectivity index (χ4n) is 2.65. The van der Waals surface area contributed by atoms with Gasteiger partial charge in [-0.15, -0.1) is 0 Å². The van der Waals surface area contributed by atoms with E-state index in [0.717, 1.165) is 16.9 Å². The topological polar surface area (TPSA) is 75.5 Å². The summed E-state index contributed by atoms with van der Waals surface area (Å²) in [7, 11) is 0. The number of ether oxygens (including phenoxy) is 1. The summed E-state index contributed by atoms with van der Waals surface area (Å²) in [6, 6.07) is 16.3. The number of hydrogen-bond donors (Lipinski definition) is 3. The van der Waals surface area contributed by atoms with E-state index in [1.165, 1.54) is 0 Å². The van der Waals surface area contributed by atoms with Crippen LogP contribution in [0.1, 0.15) is 27.4 Å². The number of hydrazine groups is 1. The summed E-state index contributed by atoms with van der Waals surface area (Å²) in [5.41, 5.74) is 8.03. The van der Waals surface area contributed by atoms with Gasteiger partial charge in [0.2, 0.25) is 0 Å². The van der Waals surface area contributed by atoms with Crippen LogP contribution in [0.5, 0.6) is 5.75 Å². The van der Waals surface area contributed by atoms with Crippen molar-refractivity contribution in [1.29, 1.82) is 0 Å².